The lowest BCUT2D eigenvalue weighted by Crippen LogP contribution is -2.14. The van der Waals surface area contributed by atoms with Gasteiger partial charge in [0.2, 0.25) is 0 Å². The molecule has 0 nitrogen and oxygen atoms in total. The standard InChI is InChI=1S/C15H30.C14H28/c1-12(2)5-7-14-9-10-15(11-14)8-6-13(3)4;1-4-5-13-8-10-14(11-9-13)7-6-12(2)3/h12-15H,5-11H2,1-4H3;12-14H,4-11H2,1-3H3. The van der Waals surface area contributed by atoms with Crippen LogP contribution >= 0.6 is 0 Å². The van der Waals surface area contributed by atoms with Crippen molar-refractivity contribution in [3.8, 4) is 0 Å². The van der Waals surface area contributed by atoms with E-state index in [1.165, 1.54) is 89.9 Å². The second-order valence-electron chi connectivity index (χ2n) is 12.1. The van der Waals surface area contributed by atoms with E-state index in [0.29, 0.717) is 0 Å². The molecule has 0 aromatic heterocycles. The minimum atomic E-state index is 0.903. The average Bonchev–Trinajstić information content (AvgIpc) is 3.13. The van der Waals surface area contributed by atoms with Crippen LogP contribution in [0.4, 0.5) is 0 Å². The molecule has 0 bridgehead atoms. The number of hydrogen-bond donors (Lipinski definition) is 0. The predicted octanol–water partition coefficient (Wildman–Crippen LogP) is 10.3. The molecule has 0 aromatic rings. The Hall–Kier alpha value is 0. The van der Waals surface area contributed by atoms with Gasteiger partial charge < -0.3 is 0 Å². The summed E-state index contributed by atoms with van der Waals surface area (Å²) in [4.78, 5) is 0. The van der Waals surface area contributed by atoms with E-state index in [0.717, 1.165) is 41.4 Å². The summed E-state index contributed by atoms with van der Waals surface area (Å²) in [6.07, 6.45) is 22.4. The molecule has 0 N–H and O–H groups in total. The van der Waals surface area contributed by atoms with Crippen LogP contribution < -0.4 is 0 Å². The molecule has 0 aromatic carbocycles. The molecular formula is C29H58. The van der Waals surface area contributed by atoms with Gasteiger partial charge in [0.15, 0.2) is 0 Å². The van der Waals surface area contributed by atoms with Crippen LogP contribution in [-0.2, 0) is 0 Å². The third-order valence-corrected chi connectivity index (χ3v) is 7.77. The van der Waals surface area contributed by atoms with Crippen molar-refractivity contribution in [2.24, 2.45) is 41.4 Å². The maximum absolute atomic E-state index is 2.35. The van der Waals surface area contributed by atoms with Crippen LogP contribution in [0.5, 0.6) is 0 Å². The first-order valence-electron chi connectivity index (χ1n) is 13.8. The summed E-state index contributed by atoms with van der Waals surface area (Å²) >= 11 is 0. The molecule has 0 saturated heterocycles. The molecule has 2 atom stereocenters. The smallest absolute Gasteiger partial charge is 0.0411 e. The molecule has 0 heterocycles. The molecule has 2 rings (SSSR count). The molecule has 2 fully saturated rings. The largest absolute Gasteiger partial charge is 0.0654 e. The Balaban J connectivity index is 0.000000291. The Morgan fingerprint density at radius 1 is 0.483 bits per heavy atom. The third kappa shape index (κ3) is 13.8. The van der Waals surface area contributed by atoms with Gasteiger partial charge in [-0.2, -0.15) is 0 Å². The molecule has 2 aliphatic rings. The topological polar surface area (TPSA) is 0 Å². The van der Waals surface area contributed by atoms with Crippen LogP contribution in [-0.4, -0.2) is 0 Å². The van der Waals surface area contributed by atoms with Gasteiger partial charge in [0.25, 0.3) is 0 Å². The molecule has 2 saturated carbocycles. The van der Waals surface area contributed by atoms with Gasteiger partial charge in [-0.3, -0.25) is 0 Å². The fraction of sp³-hybridized carbons (Fsp3) is 1.00. The normalized spacial score (nSPS) is 27.5. The Morgan fingerprint density at radius 2 is 0.793 bits per heavy atom. The lowest BCUT2D eigenvalue weighted by molar-refractivity contribution is 0.243. The summed E-state index contributed by atoms with van der Waals surface area (Å²) in [5, 5.41) is 0. The molecule has 174 valence electrons. The van der Waals surface area contributed by atoms with Gasteiger partial charge in [-0.1, -0.05) is 138 Å². The molecule has 0 radical (unpaired) electrons. The molecule has 0 amide bonds. The van der Waals surface area contributed by atoms with Crippen molar-refractivity contribution in [3.05, 3.63) is 0 Å². The summed E-state index contributed by atoms with van der Waals surface area (Å²) in [6, 6.07) is 0. The van der Waals surface area contributed by atoms with Gasteiger partial charge in [0.05, 0.1) is 0 Å². The Kier molecular flexibility index (Phi) is 14.7. The zero-order valence-electron chi connectivity index (χ0n) is 21.6. The van der Waals surface area contributed by atoms with E-state index in [1.54, 1.807) is 6.42 Å². The maximum Gasteiger partial charge on any atom is -0.0411 e. The summed E-state index contributed by atoms with van der Waals surface area (Å²) < 4.78 is 0. The molecule has 29 heavy (non-hydrogen) atoms. The SMILES string of the molecule is CC(C)CCC1CCC(CCC(C)C)C1.CCCC1CCC(CCC(C)C)CC1. The highest BCUT2D eigenvalue weighted by Gasteiger charge is 2.24. The van der Waals surface area contributed by atoms with Crippen LogP contribution in [0.3, 0.4) is 0 Å². The van der Waals surface area contributed by atoms with Crippen molar-refractivity contribution in [1.82, 2.24) is 0 Å². The second-order valence-corrected chi connectivity index (χ2v) is 12.1. The highest BCUT2D eigenvalue weighted by atomic mass is 14.3. The summed E-state index contributed by atoms with van der Waals surface area (Å²) in [5.74, 6) is 7.01. The van der Waals surface area contributed by atoms with Crippen molar-refractivity contribution in [1.29, 1.82) is 0 Å². The van der Waals surface area contributed by atoms with Crippen LogP contribution in [0.25, 0.3) is 0 Å². The summed E-state index contributed by atoms with van der Waals surface area (Å²) in [5.41, 5.74) is 0. The van der Waals surface area contributed by atoms with Crippen LogP contribution in [0.15, 0.2) is 0 Å². The Morgan fingerprint density at radius 3 is 1.14 bits per heavy atom. The minimum absolute atomic E-state index is 0.903. The van der Waals surface area contributed by atoms with E-state index < -0.39 is 0 Å². The zero-order valence-corrected chi connectivity index (χ0v) is 21.6. The van der Waals surface area contributed by atoms with E-state index in [-0.39, 0.29) is 0 Å². The number of rotatable bonds is 11. The zero-order chi connectivity index (χ0) is 21.6. The van der Waals surface area contributed by atoms with Crippen LogP contribution in [0, 0.1) is 41.4 Å². The van der Waals surface area contributed by atoms with Gasteiger partial charge >= 0.3 is 0 Å². The Labute approximate surface area is 186 Å². The van der Waals surface area contributed by atoms with Crippen molar-refractivity contribution >= 4 is 0 Å². The molecule has 0 aliphatic heterocycles. The van der Waals surface area contributed by atoms with E-state index >= 15 is 0 Å². The van der Waals surface area contributed by atoms with Gasteiger partial charge in [0.1, 0.15) is 0 Å². The molecule has 2 unspecified atom stereocenters. The first-order valence-corrected chi connectivity index (χ1v) is 13.8. The number of hydrogen-bond acceptors (Lipinski definition) is 0. The minimum Gasteiger partial charge on any atom is -0.0654 e. The first-order chi connectivity index (χ1) is 13.8. The van der Waals surface area contributed by atoms with Crippen molar-refractivity contribution in [2.45, 2.75) is 145 Å². The van der Waals surface area contributed by atoms with E-state index in [9.17, 15) is 0 Å². The summed E-state index contributed by atoms with van der Waals surface area (Å²) in [7, 11) is 0. The molecular weight excluding hydrogens is 348 g/mol. The predicted molar refractivity (Wildman–Crippen MR) is 133 cm³/mol. The lowest BCUT2D eigenvalue weighted by Gasteiger charge is -2.28. The van der Waals surface area contributed by atoms with Crippen molar-refractivity contribution in [3.63, 3.8) is 0 Å². The highest BCUT2D eigenvalue weighted by molar-refractivity contribution is 4.76. The van der Waals surface area contributed by atoms with Gasteiger partial charge in [0, 0.05) is 0 Å². The summed E-state index contributed by atoms with van der Waals surface area (Å²) in [6.45, 7) is 16.4. The monoisotopic (exact) mass is 406 g/mol. The lowest BCUT2D eigenvalue weighted by atomic mass is 9.78. The first kappa shape index (κ1) is 27.0. The molecule has 2 aliphatic carbocycles. The average molecular weight is 407 g/mol. The molecule has 0 heteroatoms. The van der Waals surface area contributed by atoms with E-state index in [4.69, 9.17) is 0 Å². The third-order valence-electron chi connectivity index (χ3n) is 7.77. The second kappa shape index (κ2) is 15.8. The van der Waals surface area contributed by atoms with Crippen molar-refractivity contribution < 1.29 is 0 Å². The maximum atomic E-state index is 2.35. The van der Waals surface area contributed by atoms with Gasteiger partial charge in [-0.05, 0) is 47.8 Å². The fourth-order valence-electron chi connectivity index (χ4n) is 5.63. The van der Waals surface area contributed by atoms with Crippen LogP contribution in [0.1, 0.15) is 145 Å². The fourth-order valence-corrected chi connectivity index (χ4v) is 5.63. The van der Waals surface area contributed by atoms with E-state index in [2.05, 4.69) is 48.5 Å². The Bertz CT molecular complexity index is 340. The van der Waals surface area contributed by atoms with E-state index in [1.807, 2.05) is 0 Å². The van der Waals surface area contributed by atoms with Crippen molar-refractivity contribution in [2.75, 3.05) is 0 Å². The van der Waals surface area contributed by atoms with Crippen LogP contribution in [0.2, 0.25) is 0 Å². The quantitative estimate of drug-likeness (QED) is 0.320. The van der Waals surface area contributed by atoms with Gasteiger partial charge in [-0.15, -0.1) is 0 Å². The highest BCUT2D eigenvalue weighted by Crippen LogP contribution is 2.37. The van der Waals surface area contributed by atoms with Gasteiger partial charge in [-0.25, -0.2) is 0 Å². The molecule has 0 spiro atoms.